The SMILES string of the molecule is COP(=O)(N=C=O)OC. The summed E-state index contributed by atoms with van der Waals surface area (Å²) in [7, 11) is -1.22. The summed E-state index contributed by atoms with van der Waals surface area (Å²) in [5.74, 6) is 0. The predicted octanol–water partition coefficient (Wildman–Crippen LogP) is 0.723. The Hall–Kier alpha value is -0.470. The largest absolute Gasteiger partial charge is 0.463 e. The highest BCUT2D eigenvalue weighted by molar-refractivity contribution is 7.52. The van der Waals surface area contributed by atoms with E-state index in [1.807, 2.05) is 0 Å². The average Bonchev–Trinajstić information content (AvgIpc) is 1.89. The van der Waals surface area contributed by atoms with E-state index in [-0.39, 0.29) is 0 Å². The minimum absolute atomic E-state index is 1.07. The Labute approximate surface area is 52.3 Å². The van der Waals surface area contributed by atoms with Crippen LogP contribution in [0.25, 0.3) is 0 Å². The molecule has 0 heterocycles. The molecule has 0 aromatic carbocycles. The van der Waals surface area contributed by atoms with Crippen molar-refractivity contribution in [3.05, 3.63) is 0 Å². The molecule has 9 heavy (non-hydrogen) atoms. The van der Waals surface area contributed by atoms with Crippen molar-refractivity contribution in [3.8, 4) is 0 Å². The van der Waals surface area contributed by atoms with Gasteiger partial charge in [-0.1, -0.05) is 4.76 Å². The van der Waals surface area contributed by atoms with Gasteiger partial charge in [0.05, 0.1) is 0 Å². The van der Waals surface area contributed by atoms with Gasteiger partial charge in [-0.05, 0) is 0 Å². The molecule has 0 radical (unpaired) electrons. The molecule has 0 aromatic heterocycles. The first kappa shape index (κ1) is 8.53. The van der Waals surface area contributed by atoms with E-state index < -0.39 is 7.75 Å². The number of nitrogens with zero attached hydrogens (tertiary/aromatic N) is 1. The van der Waals surface area contributed by atoms with Crippen molar-refractivity contribution < 1.29 is 18.4 Å². The van der Waals surface area contributed by atoms with Crippen LogP contribution in [0.2, 0.25) is 0 Å². The number of isocyanates is 1. The molecule has 0 amide bonds. The minimum atomic E-state index is -3.48. The summed E-state index contributed by atoms with van der Waals surface area (Å²) in [6.07, 6.45) is 1.07. The summed E-state index contributed by atoms with van der Waals surface area (Å²) in [6, 6.07) is 0. The van der Waals surface area contributed by atoms with Crippen molar-refractivity contribution >= 4 is 13.8 Å². The van der Waals surface area contributed by atoms with E-state index in [1.54, 1.807) is 0 Å². The highest BCUT2D eigenvalue weighted by Crippen LogP contribution is 2.47. The summed E-state index contributed by atoms with van der Waals surface area (Å²) in [4.78, 5) is 9.51. The van der Waals surface area contributed by atoms with Gasteiger partial charge < -0.3 is 0 Å². The molecule has 0 spiro atoms. The van der Waals surface area contributed by atoms with Gasteiger partial charge in [0.2, 0.25) is 6.08 Å². The monoisotopic (exact) mass is 151 g/mol. The molecule has 52 valence electrons. The van der Waals surface area contributed by atoms with Crippen molar-refractivity contribution in [1.29, 1.82) is 0 Å². The average molecular weight is 151 g/mol. The van der Waals surface area contributed by atoms with Gasteiger partial charge in [0, 0.05) is 14.2 Å². The maximum atomic E-state index is 10.7. The molecule has 0 aliphatic rings. The first-order valence-electron chi connectivity index (χ1n) is 1.99. The van der Waals surface area contributed by atoms with E-state index in [0.717, 1.165) is 20.3 Å². The van der Waals surface area contributed by atoms with Crippen LogP contribution in [0.5, 0.6) is 0 Å². The third kappa shape index (κ3) is 2.54. The Balaban J connectivity index is 4.28. The topological polar surface area (TPSA) is 65.0 Å². The van der Waals surface area contributed by atoms with Gasteiger partial charge in [-0.15, -0.1) is 0 Å². The fourth-order valence-electron chi connectivity index (χ4n) is 0.206. The lowest BCUT2D eigenvalue weighted by molar-refractivity contribution is 0.277. The third-order valence-corrected chi connectivity index (χ3v) is 1.87. The van der Waals surface area contributed by atoms with Crippen molar-refractivity contribution in [2.75, 3.05) is 14.2 Å². The molecule has 6 heteroatoms. The molecule has 0 rings (SSSR count). The molecule has 0 fully saturated rings. The van der Waals surface area contributed by atoms with Crippen molar-refractivity contribution in [2.24, 2.45) is 4.76 Å². The third-order valence-electron chi connectivity index (χ3n) is 0.625. The summed E-state index contributed by atoms with van der Waals surface area (Å²) < 4.78 is 21.9. The smallest absolute Gasteiger partial charge is 0.294 e. The summed E-state index contributed by atoms with van der Waals surface area (Å²) >= 11 is 0. The van der Waals surface area contributed by atoms with Gasteiger partial charge in [0.15, 0.2) is 0 Å². The number of carbonyl (C=O) groups excluding carboxylic acids is 1. The van der Waals surface area contributed by atoms with Crippen molar-refractivity contribution in [1.82, 2.24) is 0 Å². The van der Waals surface area contributed by atoms with Crippen LogP contribution in [-0.4, -0.2) is 20.3 Å². The van der Waals surface area contributed by atoms with Crippen LogP contribution in [-0.2, 0) is 18.4 Å². The number of rotatable bonds is 3. The van der Waals surface area contributed by atoms with Crippen molar-refractivity contribution in [3.63, 3.8) is 0 Å². The first-order valence-corrected chi connectivity index (χ1v) is 3.49. The van der Waals surface area contributed by atoms with E-state index in [2.05, 4.69) is 13.8 Å². The molecule has 0 aromatic rings. The van der Waals surface area contributed by atoms with Gasteiger partial charge in [0.25, 0.3) is 0 Å². The highest BCUT2D eigenvalue weighted by Gasteiger charge is 2.18. The Morgan fingerprint density at radius 2 is 1.89 bits per heavy atom. The lowest BCUT2D eigenvalue weighted by atomic mass is 11.7. The van der Waals surface area contributed by atoms with Gasteiger partial charge in [0.1, 0.15) is 0 Å². The van der Waals surface area contributed by atoms with Crippen LogP contribution in [0, 0.1) is 0 Å². The Kier molecular flexibility index (Phi) is 3.35. The number of hydrogen-bond donors (Lipinski definition) is 0. The van der Waals surface area contributed by atoms with E-state index >= 15 is 0 Å². The van der Waals surface area contributed by atoms with Gasteiger partial charge in [-0.25, -0.2) is 9.36 Å². The standard InChI is InChI=1S/C3H6NO4P/c1-7-9(6,8-2)4-3-5/h1-2H3. The van der Waals surface area contributed by atoms with E-state index in [4.69, 9.17) is 0 Å². The minimum Gasteiger partial charge on any atom is -0.294 e. The molecule has 0 saturated carbocycles. The molecular formula is C3H6NO4P. The Morgan fingerprint density at radius 3 is 2.00 bits per heavy atom. The number of hydrogen-bond acceptors (Lipinski definition) is 4. The Bertz CT molecular complexity index is 165. The van der Waals surface area contributed by atoms with Crippen LogP contribution in [0.15, 0.2) is 4.76 Å². The van der Waals surface area contributed by atoms with Crippen molar-refractivity contribution in [2.45, 2.75) is 0 Å². The lowest BCUT2D eigenvalue weighted by Crippen LogP contribution is -1.82. The van der Waals surface area contributed by atoms with Crippen LogP contribution < -0.4 is 0 Å². The molecule has 0 atom stereocenters. The molecule has 0 aliphatic carbocycles. The van der Waals surface area contributed by atoms with E-state index in [0.29, 0.717) is 0 Å². The lowest BCUT2D eigenvalue weighted by Gasteiger charge is -2.02. The molecular weight excluding hydrogens is 145 g/mol. The maximum Gasteiger partial charge on any atom is 0.463 e. The van der Waals surface area contributed by atoms with Crippen LogP contribution in [0.3, 0.4) is 0 Å². The first-order chi connectivity index (χ1) is 4.18. The van der Waals surface area contributed by atoms with Crippen LogP contribution in [0.1, 0.15) is 0 Å². The normalized spacial score (nSPS) is 10.4. The summed E-state index contributed by atoms with van der Waals surface area (Å²) in [5.41, 5.74) is 0. The molecule has 0 N–H and O–H groups in total. The van der Waals surface area contributed by atoms with E-state index in [1.165, 1.54) is 0 Å². The summed E-state index contributed by atoms with van der Waals surface area (Å²) in [5, 5.41) is 0. The quantitative estimate of drug-likeness (QED) is 0.338. The van der Waals surface area contributed by atoms with Gasteiger partial charge in [-0.3, -0.25) is 9.05 Å². The zero-order valence-electron chi connectivity index (χ0n) is 5.03. The second-order valence-electron chi connectivity index (χ2n) is 1.02. The zero-order valence-corrected chi connectivity index (χ0v) is 5.92. The molecule has 0 saturated heterocycles. The maximum absolute atomic E-state index is 10.7. The van der Waals surface area contributed by atoms with Crippen LogP contribution >= 0.6 is 7.75 Å². The predicted molar refractivity (Wildman–Crippen MR) is 29.7 cm³/mol. The molecule has 5 nitrogen and oxygen atoms in total. The van der Waals surface area contributed by atoms with Crippen LogP contribution in [0.4, 0.5) is 0 Å². The second kappa shape index (κ2) is 3.54. The fraction of sp³-hybridized carbons (Fsp3) is 0.667. The molecule has 0 aliphatic heterocycles. The summed E-state index contributed by atoms with van der Waals surface area (Å²) in [6.45, 7) is 0. The van der Waals surface area contributed by atoms with E-state index in [9.17, 15) is 9.36 Å². The second-order valence-corrected chi connectivity index (χ2v) is 2.89. The van der Waals surface area contributed by atoms with Gasteiger partial charge in [-0.2, -0.15) is 0 Å². The highest BCUT2D eigenvalue weighted by atomic mass is 31.2. The Morgan fingerprint density at radius 1 is 1.44 bits per heavy atom. The fourth-order valence-corrected chi connectivity index (χ4v) is 0.619. The molecule has 0 unspecified atom stereocenters. The zero-order chi connectivity index (χ0) is 7.33. The molecule has 0 bridgehead atoms. The van der Waals surface area contributed by atoms with Gasteiger partial charge >= 0.3 is 7.75 Å².